The van der Waals surface area contributed by atoms with Crippen LogP contribution in [-0.4, -0.2) is 9.79 Å². The van der Waals surface area contributed by atoms with Crippen LogP contribution in [0.4, 0.5) is 0 Å². The molecule has 2 rings (SSSR count). The highest BCUT2D eigenvalue weighted by atomic mass is 32.2. The maximum atomic E-state index is 8.70. The van der Waals surface area contributed by atoms with Crippen molar-refractivity contribution in [2.45, 2.75) is 9.79 Å². The highest BCUT2D eigenvalue weighted by Gasteiger charge is 2.14. The molecule has 0 amide bonds. The minimum absolute atomic E-state index is 1.45. The largest absolute Gasteiger partial charge is 0.692 e. The van der Waals surface area contributed by atoms with E-state index in [-0.39, 0.29) is 0 Å². The molecular weight excluding hydrogens is 183 g/mol. The van der Waals surface area contributed by atoms with E-state index in [0.29, 0.717) is 0 Å². The van der Waals surface area contributed by atoms with Gasteiger partial charge in [-0.3, -0.25) is 0 Å². The van der Waals surface area contributed by atoms with Gasteiger partial charge < -0.3 is 0 Å². The summed E-state index contributed by atoms with van der Waals surface area (Å²) in [4.78, 5) is 17.1. The van der Waals surface area contributed by atoms with Crippen molar-refractivity contribution < 1.29 is 14.4 Å². The van der Waals surface area contributed by atoms with Crippen molar-refractivity contribution in [1.82, 2.24) is 0 Å². The molecule has 0 aromatic heterocycles. The number of benzene rings is 1. The summed E-state index contributed by atoms with van der Waals surface area (Å²) in [5.41, 5.74) is 0. The van der Waals surface area contributed by atoms with E-state index < -0.39 is 8.25 Å². The van der Waals surface area contributed by atoms with Crippen LogP contribution in [0.3, 0.4) is 0 Å². The van der Waals surface area contributed by atoms with Gasteiger partial charge in [0, 0.05) is 14.4 Å². The van der Waals surface area contributed by atoms with Gasteiger partial charge in [-0.2, -0.15) is 0 Å². The number of hydrogen-bond donors (Lipinski definition) is 2. The summed E-state index contributed by atoms with van der Waals surface area (Å²) in [6, 6.07) is 8.41. The summed E-state index contributed by atoms with van der Waals surface area (Å²) in [6.07, 6.45) is 0. The first-order valence-electron chi connectivity index (χ1n) is 2.82. The quantitative estimate of drug-likeness (QED) is 0.490. The minimum atomic E-state index is -2.87. The molecule has 0 saturated heterocycles. The molecule has 58 valence electrons. The molecule has 0 radical (unpaired) electrons. The fraction of sp³-hybridized carbons (Fsp3) is 0. The molecule has 1 aliphatic rings. The van der Waals surface area contributed by atoms with Crippen molar-refractivity contribution in [2.24, 2.45) is 0 Å². The summed E-state index contributed by atoms with van der Waals surface area (Å²) in [5, 5.41) is 0. The first kappa shape index (κ1) is 8.68. The number of hydrogen-bond acceptors (Lipinski definition) is 2. The van der Waals surface area contributed by atoms with Gasteiger partial charge >= 0.3 is 8.25 Å². The Morgan fingerprint density at radius 1 is 1.18 bits per heavy atom. The predicted octanol–water partition coefficient (Wildman–Crippen LogP) is 1.78. The zero-order valence-corrected chi connectivity index (χ0v) is 7.18. The normalized spacial score (nSPS) is 10.7. The van der Waals surface area contributed by atoms with Crippen LogP contribution >= 0.6 is 20.0 Å². The van der Waals surface area contributed by atoms with Crippen LogP contribution in [0.1, 0.15) is 0 Å². The summed E-state index contributed by atoms with van der Waals surface area (Å²) in [5.74, 6) is 0. The van der Waals surface area contributed by atoms with E-state index >= 15 is 0 Å². The molecule has 0 unspecified atom stereocenters. The highest BCUT2D eigenvalue weighted by Crippen LogP contribution is 2.47. The SMILES string of the molecule is O=[P+](O)O.c1ccc2c(c1)S2. The maximum absolute atomic E-state index is 8.70. The van der Waals surface area contributed by atoms with Gasteiger partial charge in [-0.05, 0) is 12.1 Å². The molecule has 5 heteroatoms. The van der Waals surface area contributed by atoms with Crippen LogP contribution in [0, 0.1) is 0 Å². The Kier molecular flexibility index (Phi) is 3.02. The second-order valence-corrected chi connectivity index (χ2v) is 3.39. The van der Waals surface area contributed by atoms with E-state index in [1.165, 1.54) is 9.79 Å². The molecule has 0 aliphatic carbocycles. The summed E-state index contributed by atoms with van der Waals surface area (Å²) < 4.78 is 8.70. The molecule has 2 N–H and O–H groups in total. The van der Waals surface area contributed by atoms with E-state index in [4.69, 9.17) is 14.4 Å². The second kappa shape index (κ2) is 3.83. The third-order valence-corrected chi connectivity index (χ3v) is 1.98. The Balaban J connectivity index is 0.000000134. The lowest BCUT2D eigenvalue weighted by atomic mass is 10.4. The van der Waals surface area contributed by atoms with Crippen LogP contribution in [-0.2, 0) is 4.57 Å². The Labute approximate surface area is 69.0 Å². The third-order valence-electron chi connectivity index (χ3n) is 1.03. The monoisotopic (exact) mass is 189 g/mol. The van der Waals surface area contributed by atoms with Crippen LogP contribution < -0.4 is 0 Å². The summed E-state index contributed by atoms with van der Waals surface area (Å²) >= 11 is 1.86. The first-order chi connectivity index (χ1) is 5.20. The standard InChI is InChI=1S/C6H4S.HO3P/c1-2-4-6-5(3-1)7-6;1-4(2)3/h1-4H;(H-,1,2,3)/p+1. The maximum Gasteiger partial charge on any atom is 0.692 e. The van der Waals surface area contributed by atoms with Gasteiger partial charge in [-0.1, -0.05) is 23.9 Å². The van der Waals surface area contributed by atoms with E-state index in [0.717, 1.165) is 0 Å². The van der Waals surface area contributed by atoms with Crippen molar-refractivity contribution in [2.75, 3.05) is 0 Å². The Morgan fingerprint density at radius 3 is 1.82 bits per heavy atom. The molecule has 1 aliphatic heterocycles. The molecule has 0 fully saturated rings. The molecule has 1 aromatic carbocycles. The van der Waals surface area contributed by atoms with E-state index in [1.54, 1.807) is 0 Å². The smallest absolute Gasteiger partial charge is 0.134 e. The fourth-order valence-corrected chi connectivity index (χ4v) is 1.23. The van der Waals surface area contributed by atoms with Gasteiger partial charge in [0.2, 0.25) is 0 Å². The molecule has 11 heavy (non-hydrogen) atoms. The van der Waals surface area contributed by atoms with Crippen LogP contribution in [0.25, 0.3) is 0 Å². The van der Waals surface area contributed by atoms with E-state index in [9.17, 15) is 0 Å². The van der Waals surface area contributed by atoms with Crippen molar-refractivity contribution >= 4 is 20.0 Å². The van der Waals surface area contributed by atoms with Crippen LogP contribution in [0.15, 0.2) is 34.1 Å². The summed E-state index contributed by atoms with van der Waals surface area (Å²) in [6.45, 7) is 0. The van der Waals surface area contributed by atoms with Gasteiger partial charge in [0.25, 0.3) is 0 Å². The average molecular weight is 189 g/mol. The van der Waals surface area contributed by atoms with Gasteiger partial charge in [-0.25, -0.2) is 0 Å². The number of rotatable bonds is 0. The van der Waals surface area contributed by atoms with Crippen LogP contribution in [0.2, 0.25) is 0 Å². The van der Waals surface area contributed by atoms with E-state index in [1.807, 2.05) is 11.8 Å². The Morgan fingerprint density at radius 2 is 1.55 bits per heavy atom. The molecule has 0 saturated carbocycles. The molecule has 1 heterocycles. The molecule has 0 atom stereocenters. The first-order valence-corrected chi connectivity index (χ1v) is 4.80. The zero-order chi connectivity index (χ0) is 8.27. The highest BCUT2D eigenvalue weighted by molar-refractivity contribution is 8.04. The fourth-order valence-electron chi connectivity index (χ4n) is 0.611. The Hall–Kier alpha value is -0.410. The van der Waals surface area contributed by atoms with Crippen molar-refractivity contribution in [3.05, 3.63) is 24.3 Å². The minimum Gasteiger partial charge on any atom is -0.134 e. The molecule has 0 spiro atoms. The zero-order valence-electron chi connectivity index (χ0n) is 5.47. The third kappa shape index (κ3) is 3.49. The molecule has 0 bridgehead atoms. The van der Waals surface area contributed by atoms with Gasteiger partial charge in [0.15, 0.2) is 0 Å². The molecule has 3 nitrogen and oxygen atoms in total. The average Bonchev–Trinajstić information content (AvgIpc) is 2.62. The van der Waals surface area contributed by atoms with Crippen molar-refractivity contribution in [3.63, 3.8) is 0 Å². The lowest BCUT2D eigenvalue weighted by Gasteiger charge is -1.66. The van der Waals surface area contributed by atoms with Gasteiger partial charge in [0.1, 0.15) is 0 Å². The number of fused-ring (bicyclic) bond motifs is 1. The van der Waals surface area contributed by atoms with Gasteiger partial charge in [-0.15, -0.1) is 9.79 Å². The second-order valence-electron chi connectivity index (χ2n) is 1.80. The van der Waals surface area contributed by atoms with Crippen molar-refractivity contribution in [1.29, 1.82) is 0 Å². The van der Waals surface area contributed by atoms with Gasteiger partial charge in [0.05, 0.1) is 0 Å². The van der Waals surface area contributed by atoms with Crippen molar-refractivity contribution in [3.8, 4) is 0 Å². The van der Waals surface area contributed by atoms with E-state index in [2.05, 4.69) is 24.3 Å². The summed E-state index contributed by atoms with van der Waals surface area (Å²) in [7, 11) is -2.87. The lowest BCUT2D eigenvalue weighted by Crippen LogP contribution is -1.46. The Bertz CT molecular complexity index is 251. The predicted molar refractivity (Wildman–Crippen MR) is 42.6 cm³/mol. The molecular formula is C6H6O3PS+. The topological polar surface area (TPSA) is 57.5 Å². The lowest BCUT2D eigenvalue weighted by molar-refractivity contribution is 0.405. The van der Waals surface area contributed by atoms with Crippen LogP contribution in [0.5, 0.6) is 0 Å². The molecule has 1 aromatic rings.